The second kappa shape index (κ2) is 9.23. The van der Waals surface area contributed by atoms with Crippen molar-refractivity contribution in [3.8, 4) is 11.1 Å². The number of thioether (sulfide) groups is 1. The van der Waals surface area contributed by atoms with E-state index in [2.05, 4.69) is 0 Å². The Bertz CT molecular complexity index is 913. The predicted molar refractivity (Wildman–Crippen MR) is 123 cm³/mol. The molecule has 2 aliphatic rings. The molecule has 0 spiro atoms. The lowest BCUT2D eigenvalue weighted by Gasteiger charge is -2.28. The first-order chi connectivity index (χ1) is 14.1. The van der Waals surface area contributed by atoms with Crippen molar-refractivity contribution in [1.29, 1.82) is 0 Å². The summed E-state index contributed by atoms with van der Waals surface area (Å²) in [5, 5.41) is 0. The average Bonchev–Trinajstić information content (AvgIpc) is 2.97. The van der Waals surface area contributed by atoms with E-state index in [0.29, 0.717) is 9.23 Å². The van der Waals surface area contributed by atoms with E-state index in [0.717, 1.165) is 29.5 Å². The fourth-order valence-electron chi connectivity index (χ4n) is 4.05. The highest BCUT2D eigenvalue weighted by Crippen LogP contribution is 2.37. The summed E-state index contributed by atoms with van der Waals surface area (Å²) < 4.78 is 13.8. The van der Waals surface area contributed by atoms with Crippen LogP contribution in [0.25, 0.3) is 17.2 Å². The van der Waals surface area contributed by atoms with Gasteiger partial charge in [-0.25, -0.2) is 4.39 Å². The molecular weight excluding hydrogens is 401 g/mol. The van der Waals surface area contributed by atoms with Gasteiger partial charge in [-0.2, -0.15) is 0 Å². The van der Waals surface area contributed by atoms with Crippen molar-refractivity contribution >= 4 is 40.3 Å². The lowest BCUT2D eigenvalue weighted by molar-refractivity contribution is -0.123. The van der Waals surface area contributed by atoms with Crippen LogP contribution in [0.4, 0.5) is 4.39 Å². The molecule has 0 bridgehead atoms. The Kier molecular flexibility index (Phi) is 6.46. The van der Waals surface area contributed by atoms with Crippen LogP contribution < -0.4 is 0 Å². The number of carbonyl (C=O) groups excluding carboxylic acids is 1. The van der Waals surface area contributed by atoms with Crippen LogP contribution in [0.2, 0.25) is 0 Å². The number of nitrogens with zero attached hydrogens (tertiary/aromatic N) is 1. The number of amides is 1. The molecule has 4 rings (SSSR count). The Balaban J connectivity index is 1.50. The second-order valence-electron chi connectivity index (χ2n) is 7.68. The summed E-state index contributed by atoms with van der Waals surface area (Å²) in [7, 11) is 0. The molecule has 29 heavy (non-hydrogen) atoms. The smallest absolute Gasteiger partial charge is 0.266 e. The summed E-state index contributed by atoms with van der Waals surface area (Å²) in [6.07, 6.45) is 10.2. The van der Waals surface area contributed by atoms with Gasteiger partial charge in [0.1, 0.15) is 10.1 Å². The summed E-state index contributed by atoms with van der Waals surface area (Å²) in [5.41, 5.74) is 2.95. The van der Waals surface area contributed by atoms with Crippen molar-refractivity contribution in [2.45, 2.75) is 51.0 Å². The number of carbonyl (C=O) groups is 1. The van der Waals surface area contributed by atoms with Crippen molar-refractivity contribution in [3.05, 3.63) is 64.8 Å². The maximum Gasteiger partial charge on any atom is 0.266 e. The Hall–Kier alpha value is -1.98. The molecule has 1 saturated carbocycles. The third-order valence-electron chi connectivity index (χ3n) is 5.65. The largest absolute Gasteiger partial charge is 0.290 e. The first kappa shape index (κ1) is 20.3. The molecule has 1 aliphatic carbocycles. The molecule has 0 N–H and O–H groups in total. The Morgan fingerprint density at radius 3 is 2.07 bits per heavy atom. The quantitative estimate of drug-likeness (QED) is 0.398. The lowest BCUT2D eigenvalue weighted by atomic mass is 9.96. The third-order valence-corrected chi connectivity index (χ3v) is 6.98. The van der Waals surface area contributed by atoms with E-state index in [1.165, 1.54) is 56.0 Å². The lowest BCUT2D eigenvalue weighted by Crippen LogP contribution is -2.39. The zero-order chi connectivity index (χ0) is 20.2. The Labute approximate surface area is 181 Å². The molecule has 1 heterocycles. The van der Waals surface area contributed by atoms with Crippen molar-refractivity contribution in [2.24, 2.45) is 0 Å². The van der Waals surface area contributed by atoms with Gasteiger partial charge in [-0.3, -0.25) is 9.69 Å². The molecule has 0 radical (unpaired) electrons. The van der Waals surface area contributed by atoms with Crippen LogP contribution in [-0.4, -0.2) is 21.2 Å². The molecule has 0 unspecified atom stereocenters. The summed E-state index contributed by atoms with van der Waals surface area (Å²) >= 11 is 6.97. The molecule has 150 valence electrons. The standard InChI is InChI=1S/C24H24FNOS2/c25-20-14-12-19(13-15-20)18-10-8-17(9-11-18)16-22-23(27)26(24(28)29-22)21-6-4-2-1-3-5-7-21/h8-16,21H,1-7H2/b22-16-. The van der Waals surface area contributed by atoms with Gasteiger partial charge in [-0.1, -0.05) is 92.5 Å². The van der Waals surface area contributed by atoms with Crippen LogP contribution in [-0.2, 0) is 4.79 Å². The molecule has 2 aromatic rings. The van der Waals surface area contributed by atoms with Crippen LogP contribution in [0.15, 0.2) is 53.4 Å². The maximum absolute atomic E-state index is 13.1. The molecule has 1 aliphatic heterocycles. The zero-order valence-corrected chi connectivity index (χ0v) is 17.9. The fraction of sp³-hybridized carbons (Fsp3) is 0.333. The SMILES string of the molecule is O=C1/C(=C/c2ccc(-c3ccc(F)cc3)cc2)SC(=S)N1C1CCCCCCC1. The summed E-state index contributed by atoms with van der Waals surface area (Å²) in [6, 6.07) is 14.7. The van der Waals surface area contributed by atoms with Gasteiger partial charge >= 0.3 is 0 Å². The summed E-state index contributed by atoms with van der Waals surface area (Å²) in [6.45, 7) is 0. The normalized spacial score (nSPS) is 20.2. The first-order valence-corrected chi connectivity index (χ1v) is 11.5. The molecule has 0 aromatic heterocycles. The van der Waals surface area contributed by atoms with Crippen LogP contribution >= 0.6 is 24.0 Å². The third kappa shape index (κ3) is 4.78. The topological polar surface area (TPSA) is 20.3 Å². The molecule has 2 nitrogen and oxygen atoms in total. The second-order valence-corrected chi connectivity index (χ2v) is 9.36. The minimum atomic E-state index is -0.239. The number of hydrogen-bond acceptors (Lipinski definition) is 3. The zero-order valence-electron chi connectivity index (χ0n) is 16.3. The number of thiocarbonyl (C=S) groups is 1. The number of hydrogen-bond donors (Lipinski definition) is 0. The molecule has 0 atom stereocenters. The van der Waals surface area contributed by atoms with E-state index in [1.54, 1.807) is 12.1 Å². The van der Waals surface area contributed by atoms with Crippen molar-refractivity contribution in [1.82, 2.24) is 4.90 Å². The van der Waals surface area contributed by atoms with Gasteiger partial charge in [-0.05, 0) is 47.7 Å². The van der Waals surface area contributed by atoms with E-state index < -0.39 is 0 Å². The van der Waals surface area contributed by atoms with Crippen molar-refractivity contribution in [2.75, 3.05) is 0 Å². The molecule has 5 heteroatoms. The molecule has 2 aromatic carbocycles. The maximum atomic E-state index is 13.1. The van der Waals surface area contributed by atoms with Gasteiger partial charge in [0, 0.05) is 6.04 Å². The van der Waals surface area contributed by atoms with E-state index >= 15 is 0 Å². The van der Waals surface area contributed by atoms with Crippen molar-refractivity contribution < 1.29 is 9.18 Å². The van der Waals surface area contributed by atoms with Gasteiger partial charge in [-0.15, -0.1) is 0 Å². The highest BCUT2D eigenvalue weighted by Gasteiger charge is 2.36. The van der Waals surface area contributed by atoms with Gasteiger partial charge < -0.3 is 0 Å². The first-order valence-electron chi connectivity index (χ1n) is 10.2. The minimum Gasteiger partial charge on any atom is -0.290 e. The molecule has 1 saturated heterocycles. The van der Waals surface area contributed by atoms with Gasteiger partial charge in [0.2, 0.25) is 0 Å². The van der Waals surface area contributed by atoms with E-state index in [-0.39, 0.29) is 17.8 Å². The predicted octanol–water partition coefficient (Wildman–Crippen LogP) is 6.81. The minimum absolute atomic E-state index is 0.0492. The molecule has 2 fully saturated rings. The highest BCUT2D eigenvalue weighted by molar-refractivity contribution is 8.26. The Morgan fingerprint density at radius 1 is 0.897 bits per heavy atom. The highest BCUT2D eigenvalue weighted by atomic mass is 32.2. The average molecular weight is 426 g/mol. The van der Waals surface area contributed by atoms with E-state index in [1.807, 2.05) is 35.2 Å². The number of rotatable bonds is 3. The van der Waals surface area contributed by atoms with Crippen LogP contribution in [0, 0.1) is 5.82 Å². The van der Waals surface area contributed by atoms with Gasteiger partial charge in [0.15, 0.2) is 0 Å². The summed E-state index contributed by atoms with van der Waals surface area (Å²) in [5.74, 6) is -0.190. The van der Waals surface area contributed by atoms with Crippen molar-refractivity contribution in [3.63, 3.8) is 0 Å². The van der Waals surface area contributed by atoms with E-state index in [4.69, 9.17) is 12.2 Å². The fourth-order valence-corrected chi connectivity index (χ4v) is 5.45. The van der Waals surface area contributed by atoms with Crippen LogP contribution in [0.1, 0.15) is 50.5 Å². The monoisotopic (exact) mass is 425 g/mol. The number of halogens is 1. The van der Waals surface area contributed by atoms with E-state index in [9.17, 15) is 9.18 Å². The van der Waals surface area contributed by atoms with Gasteiger partial charge in [0.25, 0.3) is 5.91 Å². The van der Waals surface area contributed by atoms with Crippen LogP contribution in [0.5, 0.6) is 0 Å². The number of benzene rings is 2. The molecular formula is C24H24FNOS2. The Morgan fingerprint density at radius 2 is 1.45 bits per heavy atom. The van der Waals surface area contributed by atoms with Gasteiger partial charge in [0.05, 0.1) is 4.91 Å². The summed E-state index contributed by atoms with van der Waals surface area (Å²) in [4.78, 5) is 15.6. The van der Waals surface area contributed by atoms with Crippen LogP contribution in [0.3, 0.4) is 0 Å². The molecule has 1 amide bonds.